The van der Waals surface area contributed by atoms with Crippen molar-refractivity contribution in [2.45, 2.75) is 6.92 Å². The van der Waals surface area contributed by atoms with Gasteiger partial charge < -0.3 is 4.74 Å². The molecule has 6 heteroatoms. The maximum Gasteiger partial charge on any atom is 0.277 e. The molecule has 108 valence electrons. The molecule has 1 aromatic heterocycles. The van der Waals surface area contributed by atoms with E-state index in [1.165, 1.54) is 6.21 Å². The number of nitrogens with zero attached hydrogens (tertiary/aromatic N) is 2. The first-order valence-corrected chi connectivity index (χ1v) is 7.06. The molecule has 0 saturated carbocycles. The molecule has 0 aliphatic heterocycles. The number of hydrogen-bond acceptors (Lipinski definition) is 4. The van der Waals surface area contributed by atoms with Crippen LogP contribution in [0.2, 0.25) is 0 Å². The molecule has 0 radical (unpaired) electrons. The van der Waals surface area contributed by atoms with Gasteiger partial charge in [-0.1, -0.05) is 22.0 Å². The fourth-order valence-corrected chi connectivity index (χ4v) is 1.76. The number of hydrogen-bond donors (Lipinski definition) is 1. The monoisotopic (exact) mass is 347 g/mol. The van der Waals surface area contributed by atoms with Crippen molar-refractivity contribution in [2.75, 3.05) is 6.61 Å². The normalized spacial score (nSPS) is 10.6. The van der Waals surface area contributed by atoms with E-state index < -0.39 is 0 Å². The standard InChI is InChI=1S/C15H14BrN3O2/c1-11-8-13(5-6-14(11)16)21-10-15(20)19-18-9-12-4-2-3-7-17-12/h2-9H,10H2,1H3,(H,19,20). The van der Waals surface area contributed by atoms with Crippen LogP contribution in [0, 0.1) is 6.92 Å². The Labute approximate surface area is 131 Å². The predicted octanol–water partition coefficient (Wildman–Crippen LogP) is 2.68. The average Bonchev–Trinajstić information content (AvgIpc) is 2.49. The zero-order chi connectivity index (χ0) is 15.1. The van der Waals surface area contributed by atoms with Crippen LogP contribution in [0.5, 0.6) is 5.75 Å². The van der Waals surface area contributed by atoms with Gasteiger partial charge >= 0.3 is 0 Å². The van der Waals surface area contributed by atoms with E-state index >= 15 is 0 Å². The molecule has 0 atom stereocenters. The largest absolute Gasteiger partial charge is 0.484 e. The van der Waals surface area contributed by atoms with Gasteiger partial charge in [-0.2, -0.15) is 5.10 Å². The number of pyridine rings is 1. The Kier molecular flexibility index (Phi) is 5.45. The first-order valence-electron chi connectivity index (χ1n) is 6.27. The molecule has 0 aliphatic carbocycles. The van der Waals surface area contributed by atoms with Gasteiger partial charge in [0.25, 0.3) is 5.91 Å². The summed E-state index contributed by atoms with van der Waals surface area (Å²) in [4.78, 5) is 15.6. The number of nitrogens with one attached hydrogen (secondary N) is 1. The molecule has 21 heavy (non-hydrogen) atoms. The molecule has 0 aliphatic rings. The van der Waals surface area contributed by atoms with Crippen LogP contribution in [0.3, 0.4) is 0 Å². The van der Waals surface area contributed by atoms with Gasteiger partial charge in [0.05, 0.1) is 11.9 Å². The van der Waals surface area contributed by atoms with Crippen LogP contribution in [-0.2, 0) is 4.79 Å². The lowest BCUT2D eigenvalue weighted by Crippen LogP contribution is -2.24. The van der Waals surface area contributed by atoms with E-state index in [9.17, 15) is 4.79 Å². The lowest BCUT2D eigenvalue weighted by Gasteiger charge is -2.06. The summed E-state index contributed by atoms with van der Waals surface area (Å²) in [6.07, 6.45) is 3.13. The molecule has 0 saturated heterocycles. The van der Waals surface area contributed by atoms with Crippen molar-refractivity contribution in [1.82, 2.24) is 10.4 Å². The van der Waals surface area contributed by atoms with Crippen molar-refractivity contribution in [3.8, 4) is 5.75 Å². The highest BCUT2D eigenvalue weighted by atomic mass is 79.9. The lowest BCUT2D eigenvalue weighted by atomic mass is 10.2. The molecule has 0 bridgehead atoms. The molecule has 0 spiro atoms. The Morgan fingerprint density at radius 1 is 1.43 bits per heavy atom. The number of hydrazone groups is 1. The highest BCUT2D eigenvalue weighted by Crippen LogP contribution is 2.21. The third-order valence-electron chi connectivity index (χ3n) is 2.57. The lowest BCUT2D eigenvalue weighted by molar-refractivity contribution is -0.123. The number of amides is 1. The summed E-state index contributed by atoms with van der Waals surface area (Å²) in [5.41, 5.74) is 4.10. The molecule has 0 unspecified atom stereocenters. The van der Waals surface area contributed by atoms with Crippen LogP contribution < -0.4 is 10.2 Å². The number of ether oxygens (including phenoxy) is 1. The Morgan fingerprint density at radius 2 is 2.29 bits per heavy atom. The van der Waals surface area contributed by atoms with Gasteiger partial charge in [-0.25, -0.2) is 5.43 Å². The minimum atomic E-state index is -0.331. The van der Waals surface area contributed by atoms with Crippen molar-refractivity contribution < 1.29 is 9.53 Å². The summed E-state index contributed by atoms with van der Waals surface area (Å²) in [5.74, 6) is 0.308. The van der Waals surface area contributed by atoms with E-state index in [1.807, 2.05) is 31.2 Å². The SMILES string of the molecule is Cc1cc(OCC(=O)NN=Cc2ccccn2)ccc1Br. The molecular formula is C15H14BrN3O2. The summed E-state index contributed by atoms with van der Waals surface area (Å²) in [6, 6.07) is 11.0. The van der Waals surface area contributed by atoms with Gasteiger partial charge in [-0.05, 0) is 42.8 Å². The molecule has 2 aromatic rings. The minimum absolute atomic E-state index is 0.0966. The predicted molar refractivity (Wildman–Crippen MR) is 84.3 cm³/mol. The van der Waals surface area contributed by atoms with Gasteiger partial charge in [-0.15, -0.1) is 0 Å². The van der Waals surface area contributed by atoms with Crippen LogP contribution in [0.1, 0.15) is 11.3 Å². The summed E-state index contributed by atoms with van der Waals surface area (Å²) in [7, 11) is 0. The van der Waals surface area contributed by atoms with Crippen molar-refractivity contribution >= 4 is 28.1 Å². The summed E-state index contributed by atoms with van der Waals surface area (Å²) in [6.45, 7) is 1.86. The topological polar surface area (TPSA) is 63.6 Å². The smallest absolute Gasteiger partial charge is 0.277 e. The van der Waals surface area contributed by atoms with Gasteiger partial charge in [0.1, 0.15) is 5.75 Å². The second kappa shape index (κ2) is 7.54. The van der Waals surface area contributed by atoms with Gasteiger partial charge in [0.2, 0.25) is 0 Å². The zero-order valence-corrected chi connectivity index (χ0v) is 13.0. The Balaban J connectivity index is 1.79. The second-order valence-electron chi connectivity index (χ2n) is 4.25. The minimum Gasteiger partial charge on any atom is -0.484 e. The van der Waals surface area contributed by atoms with Crippen LogP contribution in [-0.4, -0.2) is 23.7 Å². The van der Waals surface area contributed by atoms with Crippen LogP contribution >= 0.6 is 15.9 Å². The molecule has 1 heterocycles. The van der Waals surface area contributed by atoms with E-state index in [0.717, 1.165) is 10.0 Å². The number of halogens is 1. The Morgan fingerprint density at radius 3 is 3.00 bits per heavy atom. The second-order valence-corrected chi connectivity index (χ2v) is 5.10. The molecule has 5 nitrogen and oxygen atoms in total. The van der Waals surface area contributed by atoms with Gasteiger partial charge in [0, 0.05) is 10.7 Å². The quantitative estimate of drug-likeness (QED) is 0.668. The van der Waals surface area contributed by atoms with Crippen LogP contribution in [0.15, 0.2) is 52.2 Å². The van der Waals surface area contributed by atoms with E-state index in [0.29, 0.717) is 11.4 Å². The number of aryl methyl sites for hydroxylation is 1. The number of rotatable bonds is 5. The summed E-state index contributed by atoms with van der Waals surface area (Å²) in [5, 5.41) is 3.81. The maximum atomic E-state index is 11.6. The first-order chi connectivity index (χ1) is 10.1. The highest BCUT2D eigenvalue weighted by molar-refractivity contribution is 9.10. The fourth-order valence-electron chi connectivity index (χ4n) is 1.51. The number of carbonyl (C=O) groups excluding carboxylic acids is 1. The molecule has 1 amide bonds. The third kappa shape index (κ3) is 5.00. The van der Waals surface area contributed by atoms with E-state index in [2.05, 4.69) is 31.4 Å². The van der Waals surface area contributed by atoms with Gasteiger partial charge in [-0.3, -0.25) is 9.78 Å². The maximum absolute atomic E-state index is 11.6. The van der Waals surface area contributed by atoms with Crippen LogP contribution in [0.25, 0.3) is 0 Å². The molecule has 0 fully saturated rings. The van der Waals surface area contributed by atoms with Crippen molar-refractivity contribution in [3.63, 3.8) is 0 Å². The first kappa shape index (κ1) is 15.2. The average molecular weight is 348 g/mol. The zero-order valence-electron chi connectivity index (χ0n) is 11.4. The van der Waals surface area contributed by atoms with E-state index in [-0.39, 0.29) is 12.5 Å². The molecule has 2 rings (SSSR count). The molecule has 1 aromatic carbocycles. The van der Waals surface area contributed by atoms with Crippen molar-refractivity contribution in [2.24, 2.45) is 5.10 Å². The van der Waals surface area contributed by atoms with Gasteiger partial charge in [0.15, 0.2) is 6.61 Å². The summed E-state index contributed by atoms with van der Waals surface area (Å²) >= 11 is 3.41. The van der Waals surface area contributed by atoms with Crippen molar-refractivity contribution in [3.05, 3.63) is 58.3 Å². The molecule has 1 N–H and O–H groups in total. The summed E-state index contributed by atoms with van der Waals surface area (Å²) < 4.78 is 6.38. The fraction of sp³-hybridized carbons (Fsp3) is 0.133. The highest BCUT2D eigenvalue weighted by Gasteiger charge is 2.02. The van der Waals surface area contributed by atoms with E-state index in [1.54, 1.807) is 18.3 Å². The number of carbonyl (C=O) groups is 1. The van der Waals surface area contributed by atoms with Crippen LogP contribution in [0.4, 0.5) is 0 Å². The van der Waals surface area contributed by atoms with Crippen molar-refractivity contribution in [1.29, 1.82) is 0 Å². The number of benzene rings is 1. The third-order valence-corrected chi connectivity index (χ3v) is 3.46. The number of aromatic nitrogens is 1. The Bertz CT molecular complexity index is 645. The van der Waals surface area contributed by atoms with E-state index in [4.69, 9.17) is 4.74 Å². The Hall–Kier alpha value is -2.21. The molecular weight excluding hydrogens is 334 g/mol.